The molecule has 3 amide bonds. The van der Waals surface area contributed by atoms with Gasteiger partial charge in [0.15, 0.2) is 0 Å². The summed E-state index contributed by atoms with van der Waals surface area (Å²) in [6.07, 6.45) is 2.09. The van der Waals surface area contributed by atoms with Crippen molar-refractivity contribution >= 4 is 11.9 Å². The fourth-order valence-electron chi connectivity index (χ4n) is 4.88. The van der Waals surface area contributed by atoms with Gasteiger partial charge < -0.3 is 15.1 Å². The van der Waals surface area contributed by atoms with Gasteiger partial charge >= 0.3 is 6.03 Å². The molecule has 2 aliphatic heterocycles. The predicted octanol–water partition coefficient (Wildman–Crippen LogP) is 1.37. The minimum absolute atomic E-state index is 0.0376. The third-order valence-electron chi connectivity index (χ3n) is 6.48. The highest BCUT2D eigenvalue weighted by atomic mass is 16.2. The second-order valence-electron chi connectivity index (χ2n) is 7.80. The lowest BCUT2D eigenvalue weighted by atomic mass is 9.76. The molecule has 0 aromatic rings. The van der Waals surface area contributed by atoms with Crippen LogP contribution >= 0.6 is 0 Å². The molecular weight excluding hydrogens is 304 g/mol. The molecule has 2 unspecified atom stereocenters. The number of nitrogens with one attached hydrogen (secondary N) is 1. The molecule has 0 aromatic carbocycles. The third-order valence-corrected chi connectivity index (χ3v) is 6.48. The highest BCUT2D eigenvalue weighted by Gasteiger charge is 2.64. The Morgan fingerprint density at radius 1 is 1.17 bits per heavy atom. The zero-order chi connectivity index (χ0) is 17.5. The van der Waals surface area contributed by atoms with Gasteiger partial charge in [-0.15, -0.1) is 0 Å². The minimum Gasteiger partial charge on any atom is -0.322 e. The van der Waals surface area contributed by atoms with Gasteiger partial charge in [0.25, 0.3) is 5.91 Å². The van der Waals surface area contributed by atoms with Crippen molar-refractivity contribution in [2.24, 2.45) is 11.8 Å². The van der Waals surface area contributed by atoms with Gasteiger partial charge in [0.2, 0.25) is 0 Å². The first-order valence-electron chi connectivity index (χ1n) is 9.54. The molecule has 136 valence electrons. The summed E-state index contributed by atoms with van der Waals surface area (Å²) in [5.74, 6) is 0.553. The largest absolute Gasteiger partial charge is 0.325 e. The van der Waals surface area contributed by atoms with Crippen LogP contribution in [0.3, 0.4) is 0 Å². The van der Waals surface area contributed by atoms with E-state index in [0.29, 0.717) is 12.6 Å². The van der Waals surface area contributed by atoms with Gasteiger partial charge in [-0.1, -0.05) is 13.8 Å². The van der Waals surface area contributed by atoms with E-state index in [1.807, 2.05) is 0 Å². The van der Waals surface area contributed by atoms with Gasteiger partial charge in [-0.05, 0) is 39.8 Å². The lowest BCUT2D eigenvalue weighted by molar-refractivity contribution is -0.136. The Kier molecular flexibility index (Phi) is 4.89. The first-order chi connectivity index (χ1) is 11.4. The van der Waals surface area contributed by atoms with Crippen molar-refractivity contribution in [2.75, 3.05) is 39.3 Å². The number of hydrogen-bond acceptors (Lipinski definition) is 4. The molecule has 1 spiro atoms. The van der Waals surface area contributed by atoms with Crippen LogP contribution in [0.5, 0.6) is 0 Å². The Hall–Kier alpha value is -1.14. The smallest absolute Gasteiger partial charge is 0.322 e. The minimum atomic E-state index is -0.619. The highest BCUT2D eigenvalue weighted by Crippen LogP contribution is 2.48. The molecule has 0 radical (unpaired) electrons. The lowest BCUT2D eigenvalue weighted by Crippen LogP contribution is -2.64. The summed E-state index contributed by atoms with van der Waals surface area (Å²) >= 11 is 0. The maximum atomic E-state index is 13.2. The number of likely N-dealkylation sites (N-methyl/N-ethyl adjacent to an activating group) is 1. The fourth-order valence-corrected chi connectivity index (χ4v) is 4.88. The Morgan fingerprint density at radius 2 is 1.75 bits per heavy atom. The van der Waals surface area contributed by atoms with Crippen LogP contribution in [-0.4, -0.2) is 77.5 Å². The predicted molar refractivity (Wildman–Crippen MR) is 93.7 cm³/mol. The Labute approximate surface area is 145 Å². The van der Waals surface area contributed by atoms with Crippen molar-refractivity contribution < 1.29 is 9.59 Å². The van der Waals surface area contributed by atoms with E-state index in [0.717, 1.165) is 45.6 Å². The number of imide groups is 1. The van der Waals surface area contributed by atoms with E-state index in [-0.39, 0.29) is 23.8 Å². The van der Waals surface area contributed by atoms with Crippen LogP contribution in [0.1, 0.15) is 40.5 Å². The number of carbonyl (C=O) groups excluding carboxylic acids is 2. The molecule has 0 aromatic heterocycles. The molecule has 3 aliphatic rings. The maximum Gasteiger partial charge on any atom is 0.325 e. The molecule has 3 fully saturated rings. The third kappa shape index (κ3) is 2.64. The van der Waals surface area contributed by atoms with Gasteiger partial charge in [-0.2, -0.15) is 0 Å². The summed E-state index contributed by atoms with van der Waals surface area (Å²) in [4.78, 5) is 32.0. The van der Waals surface area contributed by atoms with E-state index in [1.54, 1.807) is 0 Å². The van der Waals surface area contributed by atoms with Crippen molar-refractivity contribution in [3.63, 3.8) is 0 Å². The molecule has 2 atom stereocenters. The van der Waals surface area contributed by atoms with Crippen LogP contribution in [0.15, 0.2) is 0 Å². The van der Waals surface area contributed by atoms with Crippen LogP contribution in [0.25, 0.3) is 0 Å². The standard InChI is InChI=1S/C18H32N4O2/c1-5-20(6-2)9-10-22-16(23)18(19-17(22)24)14-7-8-15(18)12-21(11-14)13(3)4/h13-15H,5-12H2,1-4H3,(H,19,24). The Balaban J connectivity index is 1.74. The summed E-state index contributed by atoms with van der Waals surface area (Å²) in [6.45, 7) is 13.6. The van der Waals surface area contributed by atoms with E-state index in [1.165, 1.54) is 4.90 Å². The van der Waals surface area contributed by atoms with Crippen LogP contribution < -0.4 is 5.32 Å². The molecule has 24 heavy (non-hydrogen) atoms. The molecule has 2 saturated heterocycles. The molecule has 6 nitrogen and oxygen atoms in total. The van der Waals surface area contributed by atoms with Gasteiger partial charge in [0.1, 0.15) is 5.54 Å². The number of amides is 3. The van der Waals surface area contributed by atoms with E-state index in [2.05, 4.69) is 42.8 Å². The maximum absolute atomic E-state index is 13.2. The SMILES string of the molecule is CCN(CC)CCN1C(=O)NC2(C1=O)C1CCC2CN(C(C)C)C1. The summed E-state index contributed by atoms with van der Waals surface area (Å²) in [6, 6.07) is 0.318. The molecular formula is C18H32N4O2. The van der Waals surface area contributed by atoms with Crippen molar-refractivity contribution in [1.29, 1.82) is 0 Å². The van der Waals surface area contributed by atoms with Crippen LogP contribution in [0.4, 0.5) is 4.79 Å². The molecule has 1 saturated carbocycles. The second kappa shape index (κ2) is 6.64. The van der Waals surface area contributed by atoms with Crippen LogP contribution in [0.2, 0.25) is 0 Å². The molecule has 3 rings (SSSR count). The molecule has 1 N–H and O–H groups in total. The number of urea groups is 1. The summed E-state index contributed by atoms with van der Waals surface area (Å²) in [5, 5.41) is 3.14. The van der Waals surface area contributed by atoms with Crippen molar-refractivity contribution in [1.82, 2.24) is 20.0 Å². The number of hydrogen-bond donors (Lipinski definition) is 1. The molecule has 1 aliphatic carbocycles. The average molecular weight is 336 g/mol. The van der Waals surface area contributed by atoms with E-state index in [4.69, 9.17) is 0 Å². The number of carbonyl (C=O) groups is 2. The molecule has 6 heteroatoms. The highest BCUT2D eigenvalue weighted by molar-refractivity contribution is 6.07. The van der Waals surface area contributed by atoms with Crippen molar-refractivity contribution in [3.8, 4) is 0 Å². The van der Waals surface area contributed by atoms with Crippen LogP contribution in [-0.2, 0) is 4.79 Å². The number of piperidine rings is 1. The monoisotopic (exact) mass is 336 g/mol. The van der Waals surface area contributed by atoms with Crippen molar-refractivity contribution in [2.45, 2.75) is 52.1 Å². The van der Waals surface area contributed by atoms with Gasteiger partial charge in [-0.3, -0.25) is 9.69 Å². The number of nitrogens with zero attached hydrogens (tertiary/aromatic N) is 3. The van der Waals surface area contributed by atoms with E-state index >= 15 is 0 Å². The summed E-state index contributed by atoms with van der Waals surface area (Å²) < 4.78 is 0. The first kappa shape index (κ1) is 17.7. The average Bonchev–Trinajstić information content (AvgIpc) is 2.89. The summed E-state index contributed by atoms with van der Waals surface area (Å²) in [7, 11) is 0. The topological polar surface area (TPSA) is 55.9 Å². The number of rotatable bonds is 6. The van der Waals surface area contributed by atoms with Gasteiger partial charge in [-0.25, -0.2) is 4.79 Å². The summed E-state index contributed by atoms with van der Waals surface area (Å²) in [5.41, 5.74) is -0.619. The van der Waals surface area contributed by atoms with Gasteiger partial charge in [0, 0.05) is 44.1 Å². The van der Waals surface area contributed by atoms with Crippen LogP contribution in [0, 0.1) is 11.8 Å². The quantitative estimate of drug-likeness (QED) is 0.745. The van der Waals surface area contributed by atoms with E-state index < -0.39 is 5.54 Å². The lowest BCUT2D eigenvalue weighted by Gasteiger charge is -2.45. The Bertz CT molecular complexity index is 489. The van der Waals surface area contributed by atoms with E-state index in [9.17, 15) is 9.59 Å². The zero-order valence-corrected chi connectivity index (χ0v) is 15.5. The molecule has 2 heterocycles. The molecule has 2 bridgehead atoms. The first-order valence-corrected chi connectivity index (χ1v) is 9.54. The number of likely N-dealkylation sites (tertiary alicyclic amines) is 1. The van der Waals surface area contributed by atoms with Crippen molar-refractivity contribution in [3.05, 3.63) is 0 Å². The Morgan fingerprint density at radius 3 is 2.25 bits per heavy atom. The van der Waals surface area contributed by atoms with Gasteiger partial charge in [0.05, 0.1) is 0 Å². The second-order valence-corrected chi connectivity index (χ2v) is 7.80. The normalized spacial score (nSPS) is 33.3. The fraction of sp³-hybridized carbons (Fsp3) is 0.889. The zero-order valence-electron chi connectivity index (χ0n) is 15.5.